The van der Waals surface area contributed by atoms with Crippen LogP contribution in [0.15, 0.2) is 0 Å². The summed E-state index contributed by atoms with van der Waals surface area (Å²) in [5.74, 6) is 0.915. The van der Waals surface area contributed by atoms with E-state index in [-0.39, 0.29) is 5.60 Å². The largest absolute Gasteiger partial charge is 0.379 e. The van der Waals surface area contributed by atoms with Gasteiger partial charge in [0.1, 0.15) is 0 Å². The number of nitrogens with one attached hydrogen (secondary N) is 1. The Bertz CT molecular complexity index is 187. The summed E-state index contributed by atoms with van der Waals surface area (Å²) in [5, 5.41) is 3.69. The molecular weight excluding hydrogens is 186 g/mol. The van der Waals surface area contributed by atoms with Gasteiger partial charge in [-0.05, 0) is 52.9 Å². The molecule has 1 rings (SSSR count). The van der Waals surface area contributed by atoms with Crippen molar-refractivity contribution < 1.29 is 4.74 Å². The van der Waals surface area contributed by atoms with Gasteiger partial charge in [-0.15, -0.1) is 0 Å². The molecule has 1 aliphatic rings. The predicted molar refractivity (Wildman–Crippen MR) is 65.1 cm³/mol. The molecule has 0 radical (unpaired) electrons. The molecule has 2 atom stereocenters. The van der Waals surface area contributed by atoms with Crippen molar-refractivity contribution >= 4 is 0 Å². The van der Waals surface area contributed by atoms with Gasteiger partial charge in [-0.2, -0.15) is 0 Å². The second-order valence-electron chi connectivity index (χ2n) is 5.72. The van der Waals surface area contributed by atoms with Crippen molar-refractivity contribution in [1.29, 1.82) is 0 Å². The molecule has 0 spiro atoms. The van der Waals surface area contributed by atoms with Crippen molar-refractivity contribution in [2.75, 3.05) is 7.11 Å². The zero-order valence-corrected chi connectivity index (χ0v) is 11.0. The van der Waals surface area contributed by atoms with Crippen LogP contribution in [-0.2, 0) is 4.74 Å². The van der Waals surface area contributed by atoms with E-state index in [1.54, 1.807) is 7.11 Å². The zero-order chi connectivity index (χ0) is 11.5. The topological polar surface area (TPSA) is 21.3 Å². The third-order valence-corrected chi connectivity index (χ3v) is 3.75. The standard InChI is InChI=1S/C13H27NO/c1-10(9-13(3,4)15-5)14-11(2)12-7-6-8-12/h10-12,14H,6-9H2,1-5H3. The van der Waals surface area contributed by atoms with Crippen LogP contribution < -0.4 is 5.32 Å². The second kappa shape index (κ2) is 5.31. The van der Waals surface area contributed by atoms with E-state index < -0.39 is 0 Å². The molecule has 2 nitrogen and oxygen atoms in total. The predicted octanol–water partition coefficient (Wildman–Crippen LogP) is 2.97. The quantitative estimate of drug-likeness (QED) is 0.732. The van der Waals surface area contributed by atoms with E-state index in [4.69, 9.17) is 4.74 Å². The minimum Gasteiger partial charge on any atom is -0.379 e. The molecule has 0 heterocycles. The summed E-state index contributed by atoms with van der Waals surface area (Å²) in [6, 6.07) is 1.21. The number of hydrogen-bond donors (Lipinski definition) is 1. The van der Waals surface area contributed by atoms with E-state index in [0.717, 1.165) is 12.3 Å². The Kier molecular flexibility index (Phi) is 4.60. The highest BCUT2D eigenvalue weighted by Gasteiger charge is 2.26. The molecule has 0 aromatic heterocycles. The molecule has 0 saturated heterocycles. The number of rotatable bonds is 6. The third-order valence-electron chi connectivity index (χ3n) is 3.75. The van der Waals surface area contributed by atoms with Crippen molar-refractivity contribution in [3.63, 3.8) is 0 Å². The lowest BCUT2D eigenvalue weighted by Crippen LogP contribution is -2.44. The molecular formula is C13H27NO. The molecule has 2 unspecified atom stereocenters. The molecule has 2 heteroatoms. The number of hydrogen-bond acceptors (Lipinski definition) is 2. The second-order valence-corrected chi connectivity index (χ2v) is 5.72. The van der Waals surface area contributed by atoms with E-state index in [1.165, 1.54) is 19.3 Å². The molecule has 0 amide bonds. The van der Waals surface area contributed by atoms with Gasteiger partial charge in [0.05, 0.1) is 5.60 Å². The molecule has 0 aliphatic heterocycles. The van der Waals surface area contributed by atoms with Crippen molar-refractivity contribution in [2.45, 2.75) is 71.1 Å². The van der Waals surface area contributed by atoms with Gasteiger partial charge in [0.2, 0.25) is 0 Å². The maximum Gasteiger partial charge on any atom is 0.0637 e. The minimum absolute atomic E-state index is 0.00818. The SMILES string of the molecule is COC(C)(C)CC(C)NC(C)C1CCC1. The minimum atomic E-state index is -0.00818. The Morgan fingerprint density at radius 3 is 2.33 bits per heavy atom. The Morgan fingerprint density at radius 2 is 1.93 bits per heavy atom. The van der Waals surface area contributed by atoms with Gasteiger partial charge in [-0.1, -0.05) is 6.42 Å². The zero-order valence-electron chi connectivity index (χ0n) is 11.0. The first-order valence-electron chi connectivity index (χ1n) is 6.26. The summed E-state index contributed by atoms with van der Waals surface area (Å²) in [6.07, 6.45) is 5.32. The van der Waals surface area contributed by atoms with E-state index in [0.29, 0.717) is 12.1 Å². The van der Waals surface area contributed by atoms with Gasteiger partial charge in [-0.25, -0.2) is 0 Å². The van der Waals surface area contributed by atoms with Crippen LogP contribution in [0.1, 0.15) is 53.4 Å². The van der Waals surface area contributed by atoms with Crippen molar-refractivity contribution in [3.05, 3.63) is 0 Å². The Morgan fingerprint density at radius 1 is 1.33 bits per heavy atom. The molecule has 0 bridgehead atoms. The van der Waals surface area contributed by atoms with Crippen LogP contribution in [0.25, 0.3) is 0 Å². The van der Waals surface area contributed by atoms with E-state index >= 15 is 0 Å². The van der Waals surface area contributed by atoms with Gasteiger partial charge < -0.3 is 10.1 Å². The molecule has 15 heavy (non-hydrogen) atoms. The summed E-state index contributed by atoms with van der Waals surface area (Å²) in [5.41, 5.74) is -0.00818. The van der Waals surface area contributed by atoms with Crippen molar-refractivity contribution in [3.8, 4) is 0 Å². The molecule has 0 aromatic carbocycles. The molecule has 1 fully saturated rings. The van der Waals surface area contributed by atoms with Crippen molar-refractivity contribution in [1.82, 2.24) is 5.32 Å². The van der Waals surface area contributed by atoms with Crippen LogP contribution in [0, 0.1) is 5.92 Å². The Hall–Kier alpha value is -0.0800. The average Bonchev–Trinajstić information content (AvgIpc) is 1.99. The highest BCUT2D eigenvalue weighted by Crippen LogP contribution is 2.29. The maximum atomic E-state index is 5.45. The first kappa shape index (κ1) is 13.0. The van der Waals surface area contributed by atoms with Crippen LogP contribution in [0.4, 0.5) is 0 Å². The van der Waals surface area contributed by atoms with E-state index in [1.807, 2.05) is 0 Å². The summed E-state index contributed by atoms with van der Waals surface area (Å²) in [4.78, 5) is 0. The van der Waals surface area contributed by atoms with E-state index in [2.05, 4.69) is 33.0 Å². The molecule has 0 aromatic rings. The average molecular weight is 213 g/mol. The van der Waals surface area contributed by atoms with Crippen LogP contribution in [0.3, 0.4) is 0 Å². The highest BCUT2D eigenvalue weighted by molar-refractivity contribution is 4.83. The summed E-state index contributed by atoms with van der Waals surface area (Å²) in [6.45, 7) is 8.88. The first-order chi connectivity index (χ1) is 6.94. The van der Waals surface area contributed by atoms with Crippen LogP contribution in [0.5, 0.6) is 0 Å². The van der Waals surface area contributed by atoms with E-state index in [9.17, 15) is 0 Å². The first-order valence-corrected chi connectivity index (χ1v) is 6.26. The number of ether oxygens (including phenoxy) is 1. The Labute approximate surface area is 94.8 Å². The van der Waals surface area contributed by atoms with Gasteiger partial charge in [-0.3, -0.25) is 0 Å². The van der Waals surface area contributed by atoms with Gasteiger partial charge in [0.25, 0.3) is 0 Å². The normalized spacial score (nSPS) is 22.2. The van der Waals surface area contributed by atoms with Gasteiger partial charge in [0, 0.05) is 19.2 Å². The van der Waals surface area contributed by atoms with Crippen molar-refractivity contribution in [2.24, 2.45) is 5.92 Å². The molecule has 1 aliphatic carbocycles. The lowest BCUT2D eigenvalue weighted by Gasteiger charge is -2.35. The lowest BCUT2D eigenvalue weighted by atomic mass is 9.80. The highest BCUT2D eigenvalue weighted by atomic mass is 16.5. The summed E-state index contributed by atoms with van der Waals surface area (Å²) in [7, 11) is 1.79. The summed E-state index contributed by atoms with van der Waals surface area (Å²) >= 11 is 0. The molecule has 1 saturated carbocycles. The molecule has 90 valence electrons. The van der Waals surface area contributed by atoms with Crippen LogP contribution in [-0.4, -0.2) is 24.8 Å². The Balaban J connectivity index is 2.25. The smallest absolute Gasteiger partial charge is 0.0637 e. The molecule has 1 N–H and O–H groups in total. The van der Waals surface area contributed by atoms with Gasteiger partial charge >= 0.3 is 0 Å². The maximum absolute atomic E-state index is 5.45. The fraction of sp³-hybridized carbons (Fsp3) is 1.00. The van der Waals surface area contributed by atoms with Crippen LogP contribution in [0.2, 0.25) is 0 Å². The third kappa shape index (κ3) is 4.12. The summed E-state index contributed by atoms with van der Waals surface area (Å²) < 4.78 is 5.45. The van der Waals surface area contributed by atoms with Crippen LogP contribution >= 0.6 is 0 Å². The lowest BCUT2D eigenvalue weighted by molar-refractivity contribution is 0.00669. The number of methoxy groups -OCH3 is 1. The fourth-order valence-electron chi connectivity index (χ4n) is 2.40. The fourth-order valence-corrected chi connectivity index (χ4v) is 2.40. The van der Waals surface area contributed by atoms with Gasteiger partial charge in [0.15, 0.2) is 0 Å². The monoisotopic (exact) mass is 213 g/mol.